The lowest BCUT2D eigenvalue weighted by Gasteiger charge is -1.96. The number of hydrogen-bond acceptors (Lipinski definition) is 5. The molecule has 0 aliphatic carbocycles. The van der Waals surface area contributed by atoms with Crippen LogP contribution in [0.1, 0.15) is 5.69 Å². The molecule has 0 spiro atoms. The van der Waals surface area contributed by atoms with E-state index in [2.05, 4.69) is 25.7 Å². The summed E-state index contributed by atoms with van der Waals surface area (Å²) in [4.78, 5) is 4.08. The molecule has 1 aromatic rings. The van der Waals surface area contributed by atoms with E-state index in [1.807, 2.05) is 6.07 Å². The molecule has 2 rings (SSSR count). The Morgan fingerprint density at radius 2 is 2.17 bits per heavy atom. The first-order valence-electron chi connectivity index (χ1n) is 3.39. The largest absolute Gasteiger partial charge is 0.254 e. The molecule has 1 aliphatic rings. The summed E-state index contributed by atoms with van der Waals surface area (Å²) in [6.45, 7) is 0. The van der Waals surface area contributed by atoms with Gasteiger partial charge in [0.2, 0.25) is 0 Å². The van der Waals surface area contributed by atoms with Crippen molar-refractivity contribution in [3.8, 4) is 0 Å². The quantitative estimate of drug-likeness (QED) is 0.573. The molecule has 0 aromatic carbocycles. The summed E-state index contributed by atoms with van der Waals surface area (Å²) in [6, 6.07) is 3.61. The molecule has 2 heterocycles. The van der Waals surface area contributed by atoms with Crippen molar-refractivity contribution in [1.82, 2.24) is 4.98 Å². The first kappa shape index (κ1) is 6.78. The van der Waals surface area contributed by atoms with Crippen LogP contribution < -0.4 is 0 Å². The maximum Gasteiger partial charge on any atom is 0.113 e. The standard InChI is InChI=1S/C7H5N5/c1-2-7-6(8-4-1)3-5-9-11-12-10-7/h1-5H/b5-3-,6-3?,9-5?,10-7?,11-9?,12-10?,12-11?. The van der Waals surface area contributed by atoms with E-state index in [4.69, 9.17) is 0 Å². The van der Waals surface area contributed by atoms with Gasteiger partial charge in [0.15, 0.2) is 0 Å². The van der Waals surface area contributed by atoms with Gasteiger partial charge in [-0.25, -0.2) is 0 Å². The predicted octanol–water partition coefficient (Wildman–Crippen LogP) is 2.52. The summed E-state index contributed by atoms with van der Waals surface area (Å²) >= 11 is 0. The summed E-state index contributed by atoms with van der Waals surface area (Å²) in [7, 11) is 0. The third-order valence-corrected chi connectivity index (χ3v) is 1.36. The fourth-order valence-electron chi connectivity index (χ4n) is 0.847. The smallest absolute Gasteiger partial charge is 0.113 e. The third kappa shape index (κ3) is 1.24. The van der Waals surface area contributed by atoms with E-state index in [9.17, 15) is 0 Å². The van der Waals surface area contributed by atoms with Crippen molar-refractivity contribution in [2.24, 2.45) is 20.7 Å². The predicted molar refractivity (Wildman–Crippen MR) is 42.6 cm³/mol. The molecule has 12 heavy (non-hydrogen) atoms. The van der Waals surface area contributed by atoms with Crippen molar-refractivity contribution in [2.75, 3.05) is 0 Å². The molecule has 0 fully saturated rings. The molecule has 58 valence electrons. The van der Waals surface area contributed by atoms with Gasteiger partial charge in [0.05, 0.1) is 11.9 Å². The maximum absolute atomic E-state index is 4.08. The van der Waals surface area contributed by atoms with Gasteiger partial charge in [-0.15, -0.1) is 10.2 Å². The topological polar surface area (TPSA) is 62.3 Å². The molecule has 0 saturated heterocycles. The summed E-state index contributed by atoms with van der Waals surface area (Å²) in [5, 5.41) is 14.2. The molecule has 1 aliphatic heterocycles. The number of aromatic nitrogens is 1. The monoisotopic (exact) mass is 159 g/mol. The molecule has 0 unspecified atom stereocenters. The fraction of sp³-hybridized carbons (Fsp3) is 0. The molecular formula is C7H5N5. The van der Waals surface area contributed by atoms with E-state index in [1.165, 1.54) is 6.20 Å². The Bertz CT molecular complexity index is 331. The number of fused-ring (bicyclic) bond motifs is 1. The lowest BCUT2D eigenvalue weighted by atomic mass is 10.3. The van der Waals surface area contributed by atoms with Gasteiger partial charge in [-0.05, 0) is 28.7 Å². The third-order valence-electron chi connectivity index (χ3n) is 1.36. The molecule has 0 atom stereocenters. The van der Waals surface area contributed by atoms with Crippen molar-refractivity contribution in [1.29, 1.82) is 0 Å². The molecule has 5 nitrogen and oxygen atoms in total. The van der Waals surface area contributed by atoms with E-state index in [1.54, 1.807) is 18.3 Å². The Hall–Kier alpha value is -1.91. The van der Waals surface area contributed by atoms with Crippen LogP contribution in [0.5, 0.6) is 0 Å². The Morgan fingerprint density at radius 3 is 3.17 bits per heavy atom. The zero-order valence-corrected chi connectivity index (χ0v) is 6.12. The minimum atomic E-state index is 0.701. The van der Waals surface area contributed by atoms with Gasteiger partial charge in [-0.2, -0.15) is 0 Å². The Labute approximate surface area is 68.5 Å². The number of nitrogens with zero attached hydrogens (tertiary/aromatic N) is 5. The van der Waals surface area contributed by atoms with Gasteiger partial charge in [0, 0.05) is 6.20 Å². The first-order chi connectivity index (χ1) is 5.97. The van der Waals surface area contributed by atoms with Crippen molar-refractivity contribution < 1.29 is 0 Å². The van der Waals surface area contributed by atoms with Crippen LogP contribution in [0.2, 0.25) is 0 Å². The van der Waals surface area contributed by atoms with E-state index < -0.39 is 0 Å². The van der Waals surface area contributed by atoms with Crippen LogP contribution in [0.25, 0.3) is 6.08 Å². The molecule has 0 saturated carbocycles. The zero-order chi connectivity index (χ0) is 8.23. The van der Waals surface area contributed by atoms with Crippen LogP contribution in [0, 0.1) is 0 Å². The second-order valence-corrected chi connectivity index (χ2v) is 2.12. The first-order valence-corrected chi connectivity index (χ1v) is 3.39. The van der Waals surface area contributed by atoms with E-state index in [-0.39, 0.29) is 0 Å². The zero-order valence-electron chi connectivity index (χ0n) is 6.12. The molecule has 5 heteroatoms. The average Bonchev–Trinajstić information content (AvgIpc) is 2.06. The maximum atomic E-state index is 4.08. The highest BCUT2D eigenvalue weighted by Crippen LogP contribution is 2.19. The van der Waals surface area contributed by atoms with Gasteiger partial charge in [-0.1, -0.05) is 0 Å². The van der Waals surface area contributed by atoms with E-state index in [0.29, 0.717) is 5.69 Å². The van der Waals surface area contributed by atoms with E-state index in [0.717, 1.165) is 5.69 Å². The minimum absolute atomic E-state index is 0.701. The lowest BCUT2D eigenvalue weighted by Crippen LogP contribution is -1.79. The molecule has 0 N–H and O–H groups in total. The Balaban J connectivity index is 2.54. The van der Waals surface area contributed by atoms with E-state index >= 15 is 0 Å². The molecule has 0 bridgehead atoms. The van der Waals surface area contributed by atoms with Crippen molar-refractivity contribution in [2.45, 2.75) is 0 Å². The highest BCUT2D eigenvalue weighted by atomic mass is 15.5. The van der Waals surface area contributed by atoms with Gasteiger partial charge >= 0.3 is 0 Å². The van der Waals surface area contributed by atoms with Crippen LogP contribution in [0.4, 0.5) is 5.69 Å². The molecular weight excluding hydrogens is 154 g/mol. The SMILES string of the molecule is C1=C\c2ncccc2N=NN=N/1. The second-order valence-electron chi connectivity index (χ2n) is 2.12. The Kier molecular flexibility index (Phi) is 1.69. The van der Waals surface area contributed by atoms with Crippen molar-refractivity contribution in [3.63, 3.8) is 0 Å². The fourth-order valence-corrected chi connectivity index (χ4v) is 0.847. The average molecular weight is 159 g/mol. The van der Waals surface area contributed by atoms with Crippen LogP contribution in [0.3, 0.4) is 0 Å². The normalized spacial score (nSPS) is 16.3. The highest BCUT2D eigenvalue weighted by Gasteiger charge is 1.98. The highest BCUT2D eigenvalue weighted by molar-refractivity contribution is 5.59. The lowest BCUT2D eigenvalue weighted by molar-refractivity contribution is 0.947. The number of hydrogen-bond donors (Lipinski definition) is 0. The summed E-state index contributed by atoms with van der Waals surface area (Å²) < 4.78 is 0. The minimum Gasteiger partial charge on any atom is -0.254 e. The van der Waals surface area contributed by atoms with Crippen molar-refractivity contribution >= 4 is 11.8 Å². The van der Waals surface area contributed by atoms with Gasteiger partial charge in [0.25, 0.3) is 0 Å². The van der Waals surface area contributed by atoms with Crippen molar-refractivity contribution in [3.05, 3.63) is 30.2 Å². The van der Waals surface area contributed by atoms with Crippen LogP contribution in [0.15, 0.2) is 45.2 Å². The molecule has 0 radical (unpaired) electrons. The van der Waals surface area contributed by atoms with Gasteiger partial charge < -0.3 is 0 Å². The summed E-state index contributed by atoms with van der Waals surface area (Å²) in [5.74, 6) is 0. The second kappa shape index (κ2) is 3.00. The Morgan fingerprint density at radius 1 is 1.17 bits per heavy atom. The molecule has 1 aromatic heterocycles. The number of rotatable bonds is 0. The van der Waals surface area contributed by atoms with Crippen LogP contribution in [-0.2, 0) is 0 Å². The van der Waals surface area contributed by atoms with Crippen LogP contribution >= 0.6 is 0 Å². The van der Waals surface area contributed by atoms with Gasteiger partial charge in [0.1, 0.15) is 5.69 Å². The number of pyridine rings is 1. The summed E-state index contributed by atoms with van der Waals surface area (Å²) in [5.41, 5.74) is 1.45. The van der Waals surface area contributed by atoms with Crippen LogP contribution in [-0.4, -0.2) is 4.98 Å². The molecule has 0 amide bonds. The summed E-state index contributed by atoms with van der Waals surface area (Å²) in [6.07, 6.45) is 4.96. The van der Waals surface area contributed by atoms with Gasteiger partial charge in [-0.3, -0.25) is 4.98 Å².